The average Bonchev–Trinajstić information content (AvgIpc) is 3.14. The van der Waals surface area contributed by atoms with Crippen LogP contribution >= 0.6 is 0 Å². The van der Waals surface area contributed by atoms with Crippen LogP contribution in [0.1, 0.15) is 35.2 Å². The monoisotopic (exact) mass is 391 g/mol. The molecule has 4 amide bonds. The van der Waals surface area contributed by atoms with E-state index in [1.54, 1.807) is 47.4 Å². The lowest BCUT2D eigenvalue weighted by molar-refractivity contribution is -0.128. The van der Waals surface area contributed by atoms with Crippen molar-refractivity contribution < 1.29 is 19.2 Å². The second-order valence-corrected chi connectivity index (χ2v) is 7.18. The van der Waals surface area contributed by atoms with Gasteiger partial charge in [-0.15, -0.1) is 0 Å². The Morgan fingerprint density at radius 2 is 1.83 bits per heavy atom. The maximum atomic E-state index is 12.6. The van der Waals surface area contributed by atoms with Gasteiger partial charge in [0.25, 0.3) is 5.91 Å². The standard InChI is InChI=1S/C22H21N3O4/c26-19(23-16-6-3-7-17(14-16)24-11-4-9-20(24)27)10-12-25-21(28)13-15-5-1-2-8-18(15)22(25)29/h1-3,5-8,14H,4,9-13H2,(H,23,26). The minimum Gasteiger partial charge on any atom is -0.326 e. The fourth-order valence-electron chi connectivity index (χ4n) is 3.74. The molecule has 0 aromatic heterocycles. The Labute approximate surface area is 168 Å². The van der Waals surface area contributed by atoms with E-state index in [2.05, 4.69) is 5.32 Å². The zero-order valence-electron chi connectivity index (χ0n) is 15.9. The van der Waals surface area contributed by atoms with Gasteiger partial charge >= 0.3 is 0 Å². The molecule has 7 nitrogen and oxygen atoms in total. The molecule has 0 spiro atoms. The number of fused-ring (bicyclic) bond motifs is 1. The normalized spacial score (nSPS) is 16.2. The quantitative estimate of drug-likeness (QED) is 0.793. The molecule has 7 heteroatoms. The molecule has 1 fully saturated rings. The van der Waals surface area contributed by atoms with E-state index >= 15 is 0 Å². The molecule has 0 saturated carbocycles. The first-order valence-corrected chi connectivity index (χ1v) is 9.66. The maximum absolute atomic E-state index is 12.6. The smallest absolute Gasteiger partial charge is 0.260 e. The number of nitrogens with one attached hydrogen (secondary N) is 1. The predicted molar refractivity (Wildman–Crippen MR) is 107 cm³/mol. The molecule has 0 aliphatic carbocycles. The second kappa shape index (κ2) is 7.87. The summed E-state index contributed by atoms with van der Waals surface area (Å²) in [5.41, 5.74) is 2.56. The van der Waals surface area contributed by atoms with E-state index in [0.717, 1.165) is 22.6 Å². The van der Waals surface area contributed by atoms with Gasteiger partial charge in [-0.25, -0.2) is 0 Å². The number of carbonyl (C=O) groups is 4. The van der Waals surface area contributed by atoms with Gasteiger partial charge in [-0.2, -0.15) is 0 Å². The van der Waals surface area contributed by atoms with Crippen molar-refractivity contribution in [2.24, 2.45) is 0 Å². The summed E-state index contributed by atoms with van der Waals surface area (Å²) >= 11 is 0. The van der Waals surface area contributed by atoms with Crippen LogP contribution < -0.4 is 10.2 Å². The molecule has 0 atom stereocenters. The first-order valence-electron chi connectivity index (χ1n) is 9.66. The molecule has 2 aromatic carbocycles. The van der Waals surface area contributed by atoms with Crippen molar-refractivity contribution >= 4 is 35.0 Å². The number of rotatable bonds is 5. The summed E-state index contributed by atoms with van der Waals surface area (Å²) in [5, 5.41) is 2.78. The minimum absolute atomic E-state index is 0.00647. The summed E-state index contributed by atoms with van der Waals surface area (Å²) in [6.07, 6.45) is 1.54. The number of benzene rings is 2. The van der Waals surface area contributed by atoms with Crippen molar-refractivity contribution in [1.29, 1.82) is 0 Å². The number of amides is 4. The van der Waals surface area contributed by atoms with Gasteiger partial charge in [0.1, 0.15) is 0 Å². The van der Waals surface area contributed by atoms with E-state index < -0.39 is 0 Å². The van der Waals surface area contributed by atoms with Crippen LogP contribution in [0.15, 0.2) is 48.5 Å². The third-order valence-electron chi connectivity index (χ3n) is 5.21. The first kappa shape index (κ1) is 18.9. The molecule has 1 saturated heterocycles. The van der Waals surface area contributed by atoms with Crippen LogP contribution in [-0.4, -0.2) is 41.6 Å². The number of carbonyl (C=O) groups excluding carboxylic acids is 4. The molecule has 4 rings (SSSR count). The van der Waals surface area contributed by atoms with Crippen molar-refractivity contribution in [1.82, 2.24) is 4.90 Å². The third-order valence-corrected chi connectivity index (χ3v) is 5.21. The van der Waals surface area contributed by atoms with E-state index in [4.69, 9.17) is 0 Å². The number of hydrogen-bond donors (Lipinski definition) is 1. The van der Waals surface area contributed by atoms with Crippen LogP contribution in [0.2, 0.25) is 0 Å². The number of hydrogen-bond acceptors (Lipinski definition) is 4. The molecule has 2 heterocycles. The molecule has 2 aromatic rings. The highest BCUT2D eigenvalue weighted by molar-refractivity contribution is 6.10. The van der Waals surface area contributed by atoms with Gasteiger partial charge in [-0.3, -0.25) is 24.1 Å². The van der Waals surface area contributed by atoms with Crippen LogP contribution in [0.5, 0.6) is 0 Å². The molecule has 2 aliphatic rings. The number of anilines is 2. The summed E-state index contributed by atoms with van der Waals surface area (Å²) in [6, 6.07) is 14.1. The van der Waals surface area contributed by atoms with Gasteiger partial charge in [-0.1, -0.05) is 24.3 Å². The summed E-state index contributed by atoms with van der Waals surface area (Å²) in [7, 11) is 0. The van der Waals surface area contributed by atoms with Crippen LogP contribution in [0, 0.1) is 0 Å². The first-order chi connectivity index (χ1) is 14.0. The summed E-state index contributed by atoms with van der Waals surface area (Å²) in [5.74, 6) is -0.875. The Hall–Kier alpha value is -3.48. The van der Waals surface area contributed by atoms with Gasteiger partial charge in [0.2, 0.25) is 17.7 Å². The molecule has 29 heavy (non-hydrogen) atoms. The largest absolute Gasteiger partial charge is 0.326 e. The van der Waals surface area contributed by atoms with E-state index in [0.29, 0.717) is 24.2 Å². The van der Waals surface area contributed by atoms with Gasteiger partial charge in [-0.05, 0) is 36.2 Å². The maximum Gasteiger partial charge on any atom is 0.260 e. The van der Waals surface area contributed by atoms with Gasteiger partial charge in [0, 0.05) is 42.9 Å². The minimum atomic E-state index is -0.362. The molecule has 0 unspecified atom stereocenters. The lowest BCUT2D eigenvalue weighted by Gasteiger charge is -2.26. The Morgan fingerprint density at radius 1 is 1.00 bits per heavy atom. The van der Waals surface area contributed by atoms with Gasteiger partial charge < -0.3 is 10.2 Å². The molecule has 0 bridgehead atoms. The van der Waals surface area contributed by atoms with Crippen molar-refractivity contribution in [3.05, 3.63) is 59.7 Å². The average molecular weight is 391 g/mol. The number of imide groups is 1. The van der Waals surface area contributed by atoms with Crippen LogP contribution in [0.25, 0.3) is 0 Å². The molecule has 0 radical (unpaired) electrons. The Bertz CT molecular complexity index is 1000. The molecular weight excluding hydrogens is 370 g/mol. The summed E-state index contributed by atoms with van der Waals surface area (Å²) < 4.78 is 0. The Kier molecular flexibility index (Phi) is 5.12. The highest BCUT2D eigenvalue weighted by Crippen LogP contribution is 2.24. The lowest BCUT2D eigenvalue weighted by atomic mass is 9.98. The molecule has 1 N–H and O–H groups in total. The summed E-state index contributed by atoms with van der Waals surface area (Å²) in [6.45, 7) is 0.707. The Morgan fingerprint density at radius 3 is 2.62 bits per heavy atom. The van der Waals surface area contributed by atoms with E-state index in [1.807, 2.05) is 6.07 Å². The molecule has 2 aliphatic heterocycles. The van der Waals surface area contributed by atoms with E-state index in [-0.39, 0.29) is 43.0 Å². The lowest BCUT2D eigenvalue weighted by Crippen LogP contribution is -2.43. The zero-order chi connectivity index (χ0) is 20.4. The summed E-state index contributed by atoms with van der Waals surface area (Å²) in [4.78, 5) is 52.0. The Balaban J connectivity index is 1.38. The van der Waals surface area contributed by atoms with E-state index in [1.165, 1.54) is 0 Å². The van der Waals surface area contributed by atoms with Crippen LogP contribution in [0.4, 0.5) is 11.4 Å². The van der Waals surface area contributed by atoms with Crippen molar-refractivity contribution in [2.45, 2.75) is 25.7 Å². The molecule has 148 valence electrons. The van der Waals surface area contributed by atoms with Crippen molar-refractivity contribution in [2.75, 3.05) is 23.3 Å². The highest BCUT2D eigenvalue weighted by atomic mass is 16.2. The highest BCUT2D eigenvalue weighted by Gasteiger charge is 2.30. The fourth-order valence-corrected chi connectivity index (χ4v) is 3.74. The van der Waals surface area contributed by atoms with Gasteiger partial charge in [0.15, 0.2) is 0 Å². The zero-order valence-corrected chi connectivity index (χ0v) is 15.9. The second-order valence-electron chi connectivity index (χ2n) is 7.18. The number of nitrogens with zero attached hydrogens (tertiary/aromatic N) is 2. The SMILES string of the molecule is O=C(CCN1C(=O)Cc2ccccc2C1=O)Nc1cccc(N2CCCC2=O)c1. The topological polar surface area (TPSA) is 86.8 Å². The fraction of sp³-hybridized carbons (Fsp3) is 0.273. The van der Waals surface area contributed by atoms with Crippen molar-refractivity contribution in [3.63, 3.8) is 0 Å². The van der Waals surface area contributed by atoms with Crippen molar-refractivity contribution in [3.8, 4) is 0 Å². The van der Waals surface area contributed by atoms with Gasteiger partial charge in [0.05, 0.1) is 6.42 Å². The van der Waals surface area contributed by atoms with E-state index in [9.17, 15) is 19.2 Å². The third kappa shape index (κ3) is 3.89. The molecular formula is C22H21N3O4. The predicted octanol–water partition coefficient (Wildman–Crippen LogP) is 2.37. The van der Waals surface area contributed by atoms with Crippen LogP contribution in [0.3, 0.4) is 0 Å². The van der Waals surface area contributed by atoms with Crippen LogP contribution in [-0.2, 0) is 20.8 Å².